The number of amides is 1. The summed E-state index contributed by atoms with van der Waals surface area (Å²) in [4.78, 5) is 32.2. The van der Waals surface area contributed by atoms with Crippen LogP contribution in [0.3, 0.4) is 0 Å². The molecule has 0 spiro atoms. The molecule has 0 bridgehead atoms. The number of aromatic nitrogens is 4. The van der Waals surface area contributed by atoms with E-state index in [0.29, 0.717) is 21.5 Å². The minimum atomic E-state index is -1.12. The van der Waals surface area contributed by atoms with Gasteiger partial charge in [0.25, 0.3) is 5.91 Å². The number of anilines is 3. The first-order chi connectivity index (χ1) is 13.5. The maximum Gasteiger partial charge on any atom is 0.354 e. The molecule has 0 atom stereocenters. The lowest BCUT2D eigenvalue weighted by molar-refractivity contribution is 0.0690. The second-order valence-corrected chi connectivity index (χ2v) is 6.94. The third-order valence-corrected chi connectivity index (χ3v) is 4.92. The Labute approximate surface area is 162 Å². The lowest BCUT2D eigenvalue weighted by atomic mass is 10.1. The molecule has 9 nitrogen and oxygen atoms in total. The van der Waals surface area contributed by atoms with Crippen LogP contribution in [0.1, 0.15) is 25.7 Å². The zero-order valence-corrected chi connectivity index (χ0v) is 15.4. The van der Waals surface area contributed by atoms with Crippen molar-refractivity contribution in [3.05, 3.63) is 58.9 Å². The molecule has 28 heavy (non-hydrogen) atoms. The molecule has 3 aromatic heterocycles. The van der Waals surface area contributed by atoms with Gasteiger partial charge < -0.3 is 15.7 Å². The molecule has 140 valence electrons. The van der Waals surface area contributed by atoms with Crippen LogP contribution in [0.4, 0.5) is 16.6 Å². The van der Waals surface area contributed by atoms with Gasteiger partial charge in [0, 0.05) is 5.39 Å². The Bertz CT molecular complexity index is 1200. The molecule has 3 heterocycles. The highest BCUT2D eigenvalue weighted by Gasteiger charge is 2.15. The van der Waals surface area contributed by atoms with Crippen molar-refractivity contribution >= 4 is 50.8 Å². The third kappa shape index (κ3) is 3.40. The summed E-state index contributed by atoms with van der Waals surface area (Å²) in [6.07, 6.45) is 3.12. The number of H-pyrrole nitrogens is 1. The van der Waals surface area contributed by atoms with E-state index in [2.05, 4.69) is 30.8 Å². The zero-order valence-electron chi connectivity index (χ0n) is 14.6. The molecule has 4 rings (SSSR count). The van der Waals surface area contributed by atoms with E-state index in [1.165, 1.54) is 12.3 Å². The summed E-state index contributed by atoms with van der Waals surface area (Å²) in [5.41, 5.74) is 2.36. The molecule has 1 aromatic carbocycles. The van der Waals surface area contributed by atoms with Gasteiger partial charge in [0.2, 0.25) is 0 Å². The van der Waals surface area contributed by atoms with E-state index < -0.39 is 5.97 Å². The largest absolute Gasteiger partial charge is 0.477 e. The number of rotatable bonds is 5. The van der Waals surface area contributed by atoms with Crippen molar-refractivity contribution in [1.82, 2.24) is 20.2 Å². The number of aryl methyl sites for hydroxylation is 1. The minimum absolute atomic E-state index is 0.0804. The van der Waals surface area contributed by atoms with Gasteiger partial charge in [-0.3, -0.25) is 9.89 Å². The summed E-state index contributed by atoms with van der Waals surface area (Å²) in [6, 6.07) is 8.40. The fourth-order valence-corrected chi connectivity index (χ4v) is 3.36. The van der Waals surface area contributed by atoms with Gasteiger partial charge in [0.1, 0.15) is 10.7 Å². The number of nitrogens with one attached hydrogen (secondary N) is 3. The predicted molar refractivity (Wildman–Crippen MR) is 105 cm³/mol. The number of aromatic amines is 1. The maximum atomic E-state index is 12.6. The lowest BCUT2D eigenvalue weighted by Crippen LogP contribution is -2.11. The topological polar surface area (TPSA) is 133 Å². The molecular formula is C18H14N6O3S. The smallest absolute Gasteiger partial charge is 0.354 e. The zero-order chi connectivity index (χ0) is 19.7. The number of hydrogen-bond acceptors (Lipinski definition) is 7. The van der Waals surface area contributed by atoms with Crippen molar-refractivity contribution in [2.45, 2.75) is 6.92 Å². The van der Waals surface area contributed by atoms with Gasteiger partial charge in [0.05, 0.1) is 23.6 Å². The molecule has 0 saturated carbocycles. The third-order valence-electron chi connectivity index (χ3n) is 4.00. The number of carboxylic acids is 1. The Morgan fingerprint density at radius 3 is 2.86 bits per heavy atom. The molecule has 4 N–H and O–H groups in total. The molecule has 10 heteroatoms. The fourth-order valence-electron chi connectivity index (χ4n) is 2.64. The van der Waals surface area contributed by atoms with Gasteiger partial charge in [-0.2, -0.15) is 5.10 Å². The Morgan fingerprint density at radius 2 is 2.04 bits per heavy atom. The first kappa shape index (κ1) is 17.6. The average Bonchev–Trinajstić information content (AvgIpc) is 3.33. The number of carbonyl (C=O) groups excluding carboxylic acids is 1. The highest BCUT2D eigenvalue weighted by atomic mass is 32.1. The Balaban J connectivity index is 1.53. The number of benzene rings is 1. The maximum absolute atomic E-state index is 12.6. The monoisotopic (exact) mass is 394 g/mol. The first-order valence-corrected chi connectivity index (χ1v) is 9.00. The molecular weight excluding hydrogens is 380 g/mol. The second-order valence-electron chi connectivity index (χ2n) is 5.91. The van der Waals surface area contributed by atoms with E-state index in [1.807, 2.05) is 19.1 Å². The van der Waals surface area contributed by atoms with E-state index in [-0.39, 0.29) is 11.6 Å². The van der Waals surface area contributed by atoms with Crippen molar-refractivity contribution in [2.75, 3.05) is 10.6 Å². The van der Waals surface area contributed by atoms with Crippen molar-refractivity contribution in [3.8, 4) is 0 Å². The molecule has 1 amide bonds. The Hall–Kier alpha value is -3.79. The normalized spacial score (nSPS) is 10.8. The lowest BCUT2D eigenvalue weighted by Gasteiger charge is -2.08. The van der Waals surface area contributed by atoms with Crippen LogP contribution in [0.25, 0.3) is 10.9 Å². The molecule has 0 fully saturated rings. The fraction of sp³-hybridized carbons (Fsp3) is 0.0556. The molecule has 0 aliphatic rings. The van der Waals surface area contributed by atoms with Gasteiger partial charge in [-0.1, -0.05) is 23.5 Å². The number of fused-ring (bicyclic) bond motifs is 1. The van der Waals surface area contributed by atoms with Crippen LogP contribution in [0.2, 0.25) is 0 Å². The van der Waals surface area contributed by atoms with Crippen LogP contribution in [0, 0.1) is 6.92 Å². The highest BCUT2D eigenvalue weighted by Crippen LogP contribution is 2.28. The van der Waals surface area contributed by atoms with Crippen LogP contribution in [-0.4, -0.2) is 37.1 Å². The van der Waals surface area contributed by atoms with Crippen molar-refractivity contribution in [1.29, 1.82) is 0 Å². The number of pyridine rings is 1. The number of hydrogen-bond donors (Lipinski definition) is 4. The molecule has 4 aromatic rings. The van der Waals surface area contributed by atoms with E-state index in [9.17, 15) is 9.59 Å². The quantitative estimate of drug-likeness (QED) is 0.407. The summed E-state index contributed by atoms with van der Waals surface area (Å²) < 4.78 is 0. The van der Waals surface area contributed by atoms with Crippen molar-refractivity contribution in [3.63, 3.8) is 0 Å². The second kappa shape index (κ2) is 7.08. The van der Waals surface area contributed by atoms with Crippen LogP contribution in [0.15, 0.2) is 42.7 Å². The Morgan fingerprint density at radius 1 is 1.18 bits per heavy atom. The summed E-state index contributed by atoms with van der Waals surface area (Å²) in [5.74, 6) is -1.08. The molecule has 0 aliphatic carbocycles. The first-order valence-electron chi connectivity index (χ1n) is 8.18. The minimum Gasteiger partial charge on any atom is -0.477 e. The van der Waals surface area contributed by atoms with Gasteiger partial charge in [-0.05, 0) is 30.7 Å². The average molecular weight is 394 g/mol. The van der Waals surface area contributed by atoms with Crippen molar-refractivity contribution < 1.29 is 14.7 Å². The van der Waals surface area contributed by atoms with Gasteiger partial charge in [-0.25, -0.2) is 14.8 Å². The summed E-state index contributed by atoms with van der Waals surface area (Å²) in [5, 5.41) is 23.0. The summed E-state index contributed by atoms with van der Waals surface area (Å²) >= 11 is 1.14. The van der Waals surface area contributed by atoms with Gasteiger partial charge >= 0.3 is 5.97 Å². The Kier molecular flexibility index (Phi) is 4.45. The molecule has 0 unspecified atom stereocenters. The van der Waals surface area contributed by atoms with Crippen LogP contribution >= 0.6 is 11.3 Å². The number of carboxylic acid groups (broad SMARTS) is 1. The number of carbonyl (C=O) groups is 2. The number of nitrogens with zero attached hydrogens (tertiary/aromatic N) is 3. The van der Waals surface area contributed by atoms with Crippen LogP contribution in [-0.2, 0) is 0 Å². The van der Waals surface area contributed by atoms with E-state index in [4.69, 9.17) is 5.11 Å². The van der Waals surface area contributed by atoms with Crippen molar-refractivity contribution in [2.24, 2.45) is 0 Å². The van der Waals surface area contributed by atoms with E-state index in [0.717, 1.165) is 27.8 Å². The van der Waals surface area contributed by atoms with E-state index >= 15 is 0 Å². The molecule has 0 aliphatic heterocycles. The molecule has 0 saturated heterocycles. The van der Waals surface area contributed by atoms with Crippen LogP contribution < -0.4 is 10.6 Å². The van der Waals surface area contributed by atoms with Crippen LogP contribution in [0.5, 0.6) is 0 Å². The summed E-state index contributed by atoms with van der Waals surface area (Å²) in [6.45, 7) is 1.91. The summed E-state index contributed by atoms with van der Waals surface area (Å²) in [7, 11) is 0. The highest BCUT2D eigenvalue weighted by molar-refractivity contribution is 7.17. The predicted octanol–water partition coefficient (Wildman–Crippen LogP) is 3.42. The van der Waals surface area contributed by atoms with E-state index in [1.54, 1.807) is 18.3 Å². The SMILES string of the molecule is Cc1ccc2[nH]ncc2c1NC(=O)c1cnc(Nc2cccc(C(=O)O)n2)s1. The molecule has 0 radical (unpaired) electrons. The number of thiazole rings is 1. The van der Waals surface area contributed by atoms with Gasteiger partial charge in [0.15, 0.2) is 10.8 Å². The standard InChI is InChI=1S/C18H14N6O3S/c1-9-5-6-11-10(7-20-24-11)15(9)23-16(25)13-8-19-18(28-13)22-14-4-2-3-12(21-14)17(26)27/h2-8H,1H3,(H,20,24)(H,23,25)(H,26,27)(H,19,21,22). The van der Waals surface area contributed by atoms with Gasteiger partial charge in [-0.15, -0.1) is 0 Å². The number of aromatic carboxylic acids is 1.